The van der Waals surface area contributed by atoms with Crippen molar-refractivity contribution in [1.82, 2.24) is 10.2 Å². The predicted octanol–water partition coefficient (Wildman–Crippen LogP) is -0.785. The van der Waals surface area contributed by atoms with Crippen LogP contribution in [0.25, 0.3) is 0 Å². The Kier molecular flexibility index (Phi) is 10.1. The van der Waals surface area contributed by atoms with E-state index >= 15 is 0 Å². The number of nitrogens with one attached hydrogen (secondary N) is 1. The predicted molar refractivity (Wildman–Crippen MR) is 50.8 cm³/mol. The lowest BCUT2D eigenvalue weighted by Crippen LogP contribution is -2.28. The van der Waals surface area contributed by atoms with Gasteiger partial charge >= 0.3 is 5.97 Å². The second-order valence-corrected chi connectivity index (χ2v) is 2.64. The highest BCUT2D eigenvalue weighted by Crippen LogP contribution is 1.68. The van der Waals surface area contributed by atoms with E-state index in [9.17, 15) is 9.59 Å². The smallest absolute Gasteiger partial charge is 0.325 e. The minimum absolute atomic E-state index is 0.175. The molecule has 0 bridgehead atoms. The van der Waals surface area contributed by atoms with E-state index < -0.39 is 11.8 Å². The molecule has 13 heavy (non-hydrogen) atoms. The van der Waals surface area contributed by atoms with Crippen LogP contribution in [-0.2, 0) is 9.53 Å². The van der Waals surface area contributed by atoms with Gasteiger partial charge in [-0.3, -0.25) is 9.59 Å². The fourth-order valence-corrected chi connectivity index (χ4v) is 0.231. The number of hydrogen-bond donors (Lipinski definition) is 1. The van der Waals surface area contributed by atoms with Crippen LogP contribution in [0.2, 0.25) is 0 Å². The molecule has 0 aliphatic carbocycles. The van der Waals surface area contributed by atoms with Crippen molar-refractivity contribution in [3.05, 3.63) is 0 Å². The van der Waals surface area contributed by atoms with Crippen LogP contribution in [0.1, 0.15) is 0 Å². The zero-order valence-corrected chi connectivity index (χ0v) is 8.46. The van der Waals surface area contributed by atoms with Gasteiger partial charge in [0.25, 0.3) is 0 Å². The summed E-state index contributed by atoms with van der Waals surface area (Å²) in [5.41, 5.74) is 0. The van der Waals surface area contributed by atoms with Crippen molar-refractivity contribution in [2.24, 2.45) is 0 Å². The largest absolute Gasteiger partial charge is 0.468 e. The zero-order chi connectivity index (χ0) is 10.9. The van der Waals surface area contributed by atoms with Gasteiger partial charge in [-0.05, 0) is 21.1 Å². The SMILES string of the molecule is CN(C)C.[B]C(=O)NCC(=O)OC. The summed E-state index contributed by atoms with van der Waals surface area (Å²) in [4.78, 5) is 22.1. The van der Waals surface area contributed by atoms with Crippen molar-refractivity contribution in [3.8, 4) is 0 Å². The number of carbonyl (C=O) groups excluding carboxylic acids is 2. The number of ether oxygens (including phenoxy) is 1. The van der Waals surface area contributed by atoms with E-state index in [0.29, 0.717) is 0 Å². The third kappa shape index (κ3) is 24.8. The molecule has 2 radical (unpaired) electrons. The summed E-state index contributed by atoms with van der Waals surface area (Å²) in [6, 6.07) is 0. The minimum Gasteiger partial charge on any atom is -0.468 e. The molecule has 1 amide bonds. The monoisotopic (exact) mass is 186 g/mol. The van der Waals surface area contributed by atoms with Crippen molar-refractivity contribution < 1.29 is 14.3 Å². The van der Waals surface area contributed by atoms with Gasteiger partial charge in [-0.2, -0.15) is 0 Å². The van der Waals surface area contributed by atoms with E-state index in [4.69, 9.17) is 0 Å². The van der Waals surface area contributed by atoms with Gasteiger partial charge in [-0.25, -0.2) is 0 Å². The molecule has 0 saturated carbocycles. The van der Waals surface area contributed by atoms with Crippen LogP contribution in [-0.4, -0.2) is 59.3 Å². The first-order valence-corrected chi connectivity index (χ1v) is 3.61. The third-order valence-corrected chi connectivity index (χ3v) is 0.635. The molecule has 0 aromatic heterocycles. The van der Waals surface area contributed by atoms with E-state index in [2.05, 4.69) is 17.9 Å². The zero-order valence-electron chi connectivity index (χ0n) is 8.46. The Morgan fingerprint density at radius 2 is 1.77 bits per heavy atom. The van der Waals surface area contributed by atoms with Crippen LogP contribution < -0.4 is 5.32 Å². The van der Waals surface area contributed by atoms with Crippen LogP contribution in [0.15, 0.2) is 0 Å². The summed E-state index contributed by atoms with van der Waals surface area (Å²) in [5, 5.41) is 2.06. The summed E-state index contributed by atoms with van der Waals surface area (Å²) in [6.07, 6.45) is 0. The van der Waals surface area contributed by atoms with E-state index in [-0.39, 0.29) is 6.54 Å². The first-order valence-electron chi connectivity index (χ1n) is 3.61. The van der Waals surface area contributed by atoms with E-state index in [1.807, 2.05) is 26.0 Å². The molecule has 0 atom stereocenters. The van der Waals surface area contributed by atoms with Crippen LogP contribution in [0.3, 0.4) is 0 Å². The molecule has 0 fully saturated rings. The lowest BCUT2D eigenvalue weighted by atomic mass is 10.1. The van der Waals surface area contributed by atoms with Crippen molar-refractivity contribution in [2.75, 3.05) is 34.8 Å². The second-order valence-electron chi connectivity index (χ2n) is 2.64. The molecule has 0 aromatic rings. The first kappa shape index (κ1) is 14.5. The topological polar surface area (TPSA) is 58.6 Å². The van der Waals surface area contributed by atoms with Crippen LogP contribution in [0, 0.1) is 0 Å². The molecule has 0 rings (SSSR count). The van der Waals surface area contributed by atoms with Crippen LogP contribution >= 0.6 is 0 Å². The molecule has 6 heteroatoms. The lowest BCUT2D eigenvalue weighted by Gasteiger charge is -1.97. The van der Waals surface area contributed by atoms with Crippen molar-refractivity contribution in [1.29, 1.82) is 0 Å². The van der Waals surface area contributed by atoms with Gasteiger partial charge in [0.05, 0.1) is 7.11 Å². The van der Waals surface area contributed by atoms with Gasteiger partial charge in [-0.1, -0.05) is 0 Å². The molecule has 0 aliphatic rings. The van der Waals surface area contributed by atoms with Gasteiger partial charge in [0.1, 0.15) is 6.54 Å². The average molecular weight is 186 g/mol. The lowest BCUT2D eigenvalue weighted by molar-refractivity contribution is -0.139. The molecule has 5 nitrogen and oxygen atoms in total. The van der Waals surface area contributed by atoms with Gasteiger partial charge in [0, 0.05) is 0 Å². The number of rotatable bonds is 2. The molecule has 0 saturated heterocycles. The minimum atomic E-state index is -0.736. The number of methoxy groups -OCH3 is 1. The Morgan fingerprint density at radius 1 is 1.38 bits per heavy atom. The van der Waals surface area contributed by atoms with Crippen molar-refractivity contribution >= 4 is 19.6 Å². The highest BCUT2D eigenvalue weighted by Gasteiger charge is 1.97. The third-order valence-electron chi connectivity index (χ3n) is 0.635. The van der Waals surface area contributed by atoms with Crippen molar-refractivity contribution in [2.45, 2.75) is 0 Å². The summed E-state index contributed by atoms with van der Waals surface area (Å²) in [5.74, 6) is -1.26. The molecule has 1 N–H and O–H groups in total. The average Bonchev–Trinajstić information content (AvgIpc) is 1.99. The van der Waals surface area contributed by atoms with Crippen LogP contribution in [0.4, 0.5) is 4.79 Å². The molecule has 74 valence electrons. The Bertz CT molecular complexity index is 159. The fraction of sp³-hybridized carbons (Fsp3) is 0.714. The van der Waals surface area contributed by atoms with Gasteiger partial charge in [-0.15, -0.1) is 0 Å². The molecular formula is C7H15BN2O3. The maximum atomic E-state index is 10.2. The maximum Gasteiger partial charge on any atom is 0.325 e. The number of carbonyl (C=O) groups is 2. The quantitative estimate of drug-likeness (QED) is 0.453. The molecule has 0 aliphatic heterocycles. The standard InChI is InChI=1S/C4H6BNO3.C3H9N/c1-9-3(7)2-6-4(5)8;1-4(2)3/h2H2,1H3,(H,6,8);1-3H3. The highest BCUT2D eigenvalue weighted by atomic mass is 16.5. The fourth-order valence-electron chi connectivity index (χ4n) is 0.231. The summed E-state index contributed by atoms with van der Waals surface area (Å²) >= 11 is 0. The maximum absolute atomic E-state index is 10.2. The Morgan fingerprint density at radius 3 is 2.00 bits per heavy atom. The Balaban J connectivity index is 0. The number of amides is 1. The van der Waals surface area contributed by atoms with Crippen LogP contribution in [0.5, 0.6) is 0 Å². The molecule has 0 aromatic carbocycles. The first-order chi connectivity index (χ1) is 5.90. The Labute approximate surface area is 79.8 Å². The van der Waals surface area contributed by atoms with Gasteiger partial charge in [0.2, 0.25) is 7.85 Å². The number of esters is 1. The summed E-state index contributed by atoms with van der Waals surface area (Å²) in [7, 11) is 11.9. The molecule has 0 heterocycles. The molecule has 0 spiro atoms. The van der Waals surface area contributed by atoms with E-state index in [1.165, 1.54) is 7.11 Å². The summed E-state index contributed by atoms with van der Waals surface area (Å²) in [6.45, 7) is -0.175. The normalized spacial score (nSPS) is 8.38. The van der Waals surface area contributed by atoms with E-state index in [0.717, 1.165) is 0 Å². The highest BCUT2D eigenvalue weighted by molar-refractivity contribution is 6.57. The Hall–Kier alpha value is -1.04. The van der Waals surface area contributed by atoms with Crippen molar-refractivity contribution in [3.63, 3.8) is 0 Å². The van der Waals surface area contributed by atoms with E-state index in [1.54, 1.807) is 0 Å². The second kappa shape index (κ2) is 9.06. The number of hydrogen-bond acceptors (Lipinski definition) is 4. The van der Waals surface area contributed by atoms with Gasteiger partial charge in [0.15, 0.2) is 5.81 Å². The van der Waals surface area contributed by atoms with Gasteiger partial charge < -0.3 is 15.0 Å². The molecular weight excluding hydrogens is 171 g/mol. The number of nitrogens with zero attached hydrogens (tertiary/aromatic N) is 1. The summed E-state index contributed by atoms with van der Waals surface area (Å²) < 4.78 is 4.19. The molecule has 0 unspecified atom stereocenters.